The highest BCUT2D eigenvalue weighted by Gasteiger charge is 2.39. The molecular formula is C28H41N3O4. The van der Waals surface area contributed by atoms with Gasteiger partial charge in [0.2, 0.25) is 11.8 Å². The Bertz CT molecular complexity index is 938. The summed E-state index contributed by atoms with van der Waals surface area (Å²) in [5, 5.41) is 0. The van der Waals surface area contributed by atoms with Crippen LogP contribution in [0.2, 0.25) is 0 Å². The fourth-order valence-electron chi connectivity index (χ4n) is 6.11. The van der Waals surface area contributed by atoms with Crippen molar-refractivity contribution in [2.24, 2.45) is 5.41 Å². The maximum absolute atomic E-state index is 12.3. The number of carbonyl (C=O) groups excluding carboxylic acids is 3. The van der Waals surface area contributed by atoms with Gasteiger partial charge in [-0.05, 0) is 67.8 Å². The van der Waals surface area contributed by atoms with Crippen LogP contribution in [0, 0.1) is 5.41 Å². The predicted octanol–water partition coefficient (Wildman–Crippen LogP) is 4.59. The van der Waals surface area contributed by atoms with E-state index in [4.69, 9.17) is 4.74 Å². The zero-order valence-corrected chi connectivity index (χ0v) is 21.8. The first-order valence-corrected chi connectivity index (χ1v) is 13.2. The van der Waals surface area contributed by atoms with E-state index < -0.39 is 0 Å². The molecule has 0 N–H and O–H groups in total. The van der Waals surface area contributed by atoms with E-state index in [2.05, 4.69) is 11.0 Å². The highest BCUT2D eigenvalue weighted by molar-refractivity contribution is 5.98. The lowest BCUT2D eigenvalue weighted by atomic mass is 9.79. The molecule has 2 saturated heterocycles. The van der Waals surface area contributed by atoms with Gasteiger partial charge in [0.25, 0.3) is 0 Å². The zero-order chi connectivity index (χ0) is 25.2. The Morgan fingerprint density at radius 2 is 1.71 bits per heavy atom. The van der Waals surface area contributed by atoms with Crippen molar-refractivity contribution in [3.8, 4) is 5.75 Å². The Balaban J connectivity index is 1.22. The minimum atomic E-state index is -0.327. The smallest absolute Gasteiger partial charge is 0.410 e. The molecule has 1 aromatic carbocycles. The first-order valence-electron chi connectivity index (χ1n) is 13.2. The average molecular weight is 484 g/mol. The number of carbonyl (C=O) groups is 3. The van der Waals surface area contributed by atoms with E-state index in [9.17, 15) is 14.4 Å². The second kappa shape index (κ2) is 10.7. The van der Waals surface area contributed by atoms with Crippen LogP contribution in [0.4, 0.5) is 4.79 Å². The third kappa shape index (κ3) is 5.88. The first-order chi connectivity index (χ1) is 16.7. The molecule has 3 aliphatic rings. The number of nitrogens with zero attached hydrogens (tertiary/aromatic N) is 3. The normalized spacial score (nSPS) is 23.7. The van der Waals surface area contributed by atoms with Crippen LogP contribution in [0.3, 0.4) is 0 Å². The SMILES string of the molecule is CN(C)C(=O)Oc1cccc2c1CC[C@@H]1[C@H]2CCN1CCCCCCN1C(=O)CC(C)(C)CC1=O. The summed E-state index contributed by atoms with van der Waals surface area (Å²) >= 11 is 0. The molecule has 0 radical (unpaired) electrons. The second-order valence-electron chi connectivity index (χ2n) is 11.5. The van der Waals surface area contributed by atoms with E-state index in [-0.39, 0.29) is 23.3 Å². The number of hydrogen-bond donors (Lipinski definition) is 0. The summed E-state index contributed by atoms with van der Waals surface area (Å²) in [6.07, 6.45) is 8.02. The van der Waals surface area contributed by atoms with Crippen molar-refractivity contribution in [2.75, 3.05) is 33.7 Å². The Morgan fingerprint density at radius 3 is 2.40 bits per heavy atom. The molecule has 0 bridgehead atoms. The molecule has 7 heteroatoms. The molecule has 1 aromatic rings. The summed E-state index contributed by atoms with van der Waals surface area (Å²) in [5.41, 5.74) is 2.36. The second-order valence-corrected chi connectivity index (χ2v) is 11.5. The zero-order valence-electron chi connectivity index (χ0n) is 21.8. The minimum Gasteiger partial charge on any atom is -0.410 e. The highest BCUT2D eigenvalue weighted by Crippen LogP contribution is 2.44. The number of imide groups is 1. The number of unbranched alkanes of at least 4 members (excludes halogenated alkanes) is 3. The van der Waals surface area contributed by atoms with Crippen LogP contribution >= 0.6 is 0 Å². The van der Waals surface area contributed by atoms with Gasteiger partial charge in [0, 0.05) is 45.4 Å². The van der Waals surface area contributed by atoms with Crippen molar-refractivity contribution in [1.29, 1.82) is 0 Å². The summed E-state index contributed by atoms with van der Waals surface area (Å²) in [6, 6.07) is 6.71. The van der Waals surface area contributed by atoms with Gasteiger partial charge in [-0.2, -0.15) is 0 Å². The molecule has 0 saturated carbocycles. The molecule has 0 unspecified atom stereocenters. The van der Waals surface area contributed by atoms with Gasteiger partial charge in [-0.3, -0.25) is 19.4 Å². The van der Waals surface area contributed by atoms with Gasteiger partial charge in [-0.1, -0.05) is 38.8 Å². The summed E-state index contributed by atoms with van der Waals surface area (Å²) in [5.74, 6) is 1.21. The van der Waals surface area contributed by atoms with Crippen LogP contribution in [-0.2, 0) is 16.0 Å². The van der Waals surface area contributed by atoms with Crippen molar-refractivity contribution < 1.29 is 19.1 Å². The van der Waals surface area contributed by atoms with E-state index in [1.54, 1.807) is 14.1 Å². The minimum absolute atomic E-state index is 0.00780. The molecule has 2 heterocycles. The fourth-order valence-corrected chi connectivity index (χ4v) is 6.11. The van der Waals surface area contributed by atoms with Gasteiger partial charge in [0.15, 0.2) is 0 Å². The number of rotatable bonds is 8. The van der Waals surface area contributed by atoms with Gasteiger partial charge in [0.05, 0.1) is 0 Å². The van der Waals surface area contributed by atoms with E-state index in [1.807, 2.05) is 26.0 Å². The quantitative estimate of drug-likeness (QED) is 0.400. The molecule has 4 rings (SSSR count). The lowest BCUT2D eigenvalue weighted by Crippen LogP contribution is -2.46. The molecule has 0 aromatic heterocycles. The van der Waals surface area contributed by atoms with Gasteiger partial charge in [0.1, 0.15) is 5.75 Å². The molecular weight excluding hydrogens is 442 g/mol. The van der Waals surface area contributed by atoms with E-state index >= 15 is 0 Å². The maximum Gasteiger partial charge on any atom is 0.414 e. The largest absolute Gasteiger partial charge is 0.414 e. The third-order valence-corrected chi connectivity index (χ3v) is 7.92. The first kappa shape index (κ1) is 25.7. The van der Waals surface area contributed by atoms with Gasteiger partial charge in [-0.15, -0.1) is 0 Å². The van der Waals surface area contributed by atoms with Crippen LogP contribution in [0.1, 0.15) is 82.3 Å². The molecule has 0 spiro atoms. The molecule has 2 fully saturated rings. The molecule has 3 amide bonds. The molecule has 35 heavy (non-hydrogen) atoms. The van der Waals surface area contributed by atoms with Crippen LogP contribution in [0.15, 0.2) is 18.2 Å². The Hall–Kier alpha value is -2.41. The highest BCUT2D eigenvalue weighted by atomic mass is 16.6. The number of hydrogen-bond acceptors (Lipinski definition) is 5. The summed E-state index contributed by atoms with van der Waals surface area (Å²) in [6.45, 7) is 6.77. The predicted molar refractivity (Wildman–Crippen MR) is 135 cm³/mol. The van der Waals surface area contributed by atoms with Crippen molar-refractivity contribution in [3.63, 3.8) is 0 Å². The molecule has 7 nitrogen and oxygen atoms in total. The van der Waals surface area contributed by atoms with Crippen molar-refractivity contribution in [1.82, 2.24) is 14.7 Å². The van der Waals surface area contributed by atoms with Crippen molar-refractivity contribution in [3.05, 3.63) is 29.3 Å². The average Bonchev–Trinajstić information content (AvgIpc) is 3.20. The Labute approximate surface area is 209 Å². The Morgan fingerprint density at radius 1 is 1.03 bits per heavy atom. The monoisotopic (exact) mass is 483 g/mol. The number of amides is 3. The number of benzene rings is 1. The van der Waals surface area contributed by atoms with Gasteiger partial charge >= 0.3 is 6.09 Å². The number of piperidine rings is 1. The summed E-state index contributed by atoms with van der Waals surface area (Å²) in [7, 11) is 3.41. The lowest BCUT2D eigenvalue weighted by Gasteiger charge is -2.34. The number of fused-ring (bicyclic) bond motifs is 3. The van der Waals surface area contributed by atoms with E-state index in [1.165, 1.54) is 20.9 Å². The van der Waals surface area contributed by atoms with Crippen LogP contribution in [0.5, 0.6) is 5.75 Å². The van der Waals surface area contributed by atoms with Crippen molar-refractivity contribution in [2.45, 2.75) is 83.6 Å². The van der Waals surface area contributed by atoms with Crippen LogP contribution in [0.25, 0.3) is 0 Å². The number of likely N-dealkylation sites (tertiary alicyclic amines) is 2. The summed E-state index contributed by atoms with van der Waals surface area (Å²) < 4.78 is 5.65. The van der Waals surface area contributed by atoms with Crippen LogP contribution in [-0.4, -0.2) is 72.4 Å². The number of ether oxygens (including phenoxy) is 1. The van der Waals surface area contributed by atoms with Crippen molar-refractivity contribution >= 4 is 17.9 Å². The topological polar surface area (TPSA) is 70.2 Å². The maximum atomic E-state index is 12.3. The standard InChI is InChI=1S/C28H41N3O4/c1-28(2)18-25(32)31(26(33)19-28)16-8-6-5-7-15-30-17-14-21-20-10-9-11-24(35-27(34)29(3)4)22(20)12-13-23(21)30/h9-11,21,23H,5-8,12-19H2,1-4H3/t21-,23+/m0/s1. The van der Waals surface area contributed by atoms with E-state index in [0.717, 1.165) is 58.0 Å². The molecule has 2 aliphatic heterocycles. The molecule has 192 valence electrons. The lowest BCUT2D eigenvalue weighted by molar-refractivity contribution is -0.152. The molecule has 1 aliphatic carbocycles. The summed E-state index contributed by atoms with van der Waals surface area (Å²) in [4.78, 5) is 42.3. The Kier molecular flexibility index (Phi) is 7.84. The van der Waals surface area contributed by atoms with Crippen LogP contribution < -0.4 is 4.74 Å². The van der Waals surface area contributed by atoms with Gasteiger partial charge in [-0.25, -0.2) is 4.79 Å². The molecule has 2 atom stereocenters. The third-order valence-electron chi connectivity index (χ3n) is 7.92. The van der Waals surface area contributed by atoms with Gasteiger partial charge < -0.3 is 9.64 Å². The fraction of sp³-hybridized carbons (Fsp3) is 0.679. The van der Waals surface area contributed by atoms with E-state index in [0.29, 0.717) is 37.1 Å².